The lowest BCUT2D eigenvalue weighted by molar-refractivity contribution is 0.118. The summed E-state index contributed by atoms with van der Waals surface area (Å²) in [6.45, 7) is 11.4. The lowest BCUT2D eigenvalue weighted by Gasteiger charge is -2.37. The lowest BCUT2D eigenvalue weighted by Crippen LogP contribution is -2.45. The number of guanidine groups is 1. The van der Waals surface area contributed by atoms with Crippen LogP contribution in [0.5, 0.6) is 0 Å². The van der Waals surface area contributed by atoms with E-state index in [9.17, 15) is 0 Å². The van der Waals surface area contributed by atoms with E-state index in [-0.39, 0.29) is 0 Å². The SMILES string of the molecule is CCNC(=NCC(C)N1CCCCC1C)NCCCOC. The maximum absolute atomic E-state index is 5.07. The molecule has 0 aliphatic carbocycles. The smallest absolute Gasteiger partial charge is 0.191 e. The average molecular weight is 298 g/mol. The minimum Gasteiger partial charge on any atom is -0.385 e. The van der Waals surface area contributed by atoms with Crippen molar-refractivity contribution in [1.82, 2.24) is 15.5 Å². The fraction of sp³-hybridized carbons (Fsp3) is 0.938. The Balaban J connectivity index is 2.40. The highest BCUT2D eigenvalue weighted by Gasteiger charge is 2.22. The summed E-state index contributed by atoms with van der Waals surface area (Å²) in [5.74, 6) is 0.921. The zero-order valence-corrected chi connectivity index (χ0v) is 14.3. The van der Waals surface area contributed by atoms with Crippen LogP contribution in [-0.4, -0.2) is 62.8 Å². The quantitative estimate of drug-likeness (QED) is 0.408. The number of aliphatic imine (C=N–C) groups is 1. The summed E-state index contributed by atoms with van der Waals surface area (Å²) >= 11 is 0. The number of rotatable bonds is 8. The summed E-state index contributed by atoms with van der Waals surface area (Å²) < 4.78 is 5.07. The number of nitrogens with one attached hydrogen (secondary N) is 2. The maximum atomic E-state index is 5.07. The molecule has 124 valence electrons. The van der Waals surface area contributed by atoms with Gasteiger partial charge in [0, 0.05) is 38.9 Å². The largest absolute Gasteiger partial charge is 0.385 e. The molecule has 2 unspecified atom stereocenters. The monoisotopic (exact) mass is 298 g/mol. The van der Waals surface area contributed by atoms with E-state index >= 15 is 0 Å². The Morgan fingerprint density at radius 1 is 1.38 bits per heavy atom. The molecule has 0 saturated carbocycles. The van der Waals surface area contributed by atoms with Crippen LogP contribution in [-0.2, 0) is 4.74 Å². The minimum atomic E-state index is 0.509. The van der Waals surface area contributed by atoms with Gasteiger partial charge in [-0.3, -0.25) is 9.89 Å². The van der Waals surface area contributed by atoms with Gasteiger partial charge in [-0.1, -0.05) is 6.42 Å². The molecule has 1 rings (SSSR count). The topological polar surface area (TPSA) is 48.9 Å². The second-order valence-corrected chi connectivity index (χ2v) is 5.92. The summed E-state index contributed by atoms with van der Waals surface area (Å²) in [5.41, 5.74) is 0. The highest BCUT2D eigenvalue weighted by molar-refractivity contribution is 5.79. The number of hydrogen-bond acceptors (Lipinski definition) is 3. The fourth-order valence-corrected chi connectivity index (χ4v) is 2.87. The van der Waals surface area contributed by atoms with Crippen LogP contribution in [0.25, 0.3) is 0 Å². The molecule has 0 bridgehead atoms. The van der Waals surface area contributed by atoms with Gasteiger partial charge in [0.1, 0.15) is 0 Å². The molecular weight excluding hydrogens is 264 g/mol. The van der Waals surface area contributed by atoms with Crippen molar-refractivity contribution < 1.29 is 4.74 Å². The summed E-state index contributed by atoms with van der Waals surface area (Å²) in [4.78, 5) is 7.33. The lowest BCUT2D eigenvalue weighted by atomic mass is 10.0. The van der Waals surface area contributed by atoms with Crippen molar-refractivity contribution in [2.24, 2.45) is 4.99 Å². The Labute approximate surface area is 130 Å². The van der Waals surface area contributed by atoms with Crippen molar-refractivity contribution in [1.29, 1.82) is 0 Å². The minimum absolute atomic E-state index is 0.509. The fourth-order valence-electron chi connectivity index (χ4n) is 2.87. The summed E-state index contributed by atoms with van der Waals surface area (Å²) in [7, 11) is 1.74. The standard InChI is InChI=1S/C16H34N4O/c1-5-17-16(18-10-8-12-21-4)19-13-15(3)20-11-7-6-9-14(20)2/h14-15H,5-13H2,1-4H3,(H2,17,18,19). The molecule has 5 nitrogen and oxygen atoms in total. The number of hydrogen-bond donors (Lipinski definition) is 2. The van der Waals surface area contributed by atoms with Crippen molar-refractivity contribution >= 4 is 5.96 Å². The molecule has 1 aliphatic rings. The zero-order valence-electron chi connectivity index (χ0n) is 14.3. The molecule has 0 spiro atoms. The van der Waals surface area contributed by atoms with Gasteiger partial charge >= 0.3 is 0 Å². The molecule has 0 aromatic carbocycles. The van der Waals surface area contributed by atoms with E-state index in [0.29, 0.717) is 12.1 Å². The van der Waals surface area contributed by atoms with E-state index in [2.05, 4.69) is 36.3 Å². The number of nitrogens with zero attached hydrogens (tertiary/aromatic N) is 2. The Hall–Kier alpha value is -0.810. The molecule has 1 fully saturated rings. The zero-order chi connectivity index (χ0) is 15.5. The third-order valence-corrected chi connectivity index (χ3v) is 4.10. The van der Waals surface area contributed by atoms with Crippen LogP contribution in [0.15, 0.2) is 4.99 Å². The van der Waals surface area contributed by atoms with Crippen LogP contribution in [0.2, 0.25) is 0 Å². The number of methoxy groups -OCH3 is 1. The normalized spacial score (nSPS) is 22.1. The first kappa shape index (κ1) is 18.2. The molecule has 5 heteroatoms. The second kappa shape index (κ2) is 10.9. The van der Waals surface area contributed by atoms with E-state index < -0.39 is 0 Å². The summed E-state index contributed by atoms with van der Waals surface area (Å²) in [6.07, 6.45) is 5.02. The summed E-state index contributed by atoms with van der Waals surface area (Å²) in [6, 6.07) is 1.20. The van der Waals surface area contributed by atoms with Crippen molar-refractivity contribution in [2.45, 2.75) is 58.5 Å². The maximum Gasteiger partial charge on any atom is 0.191 e. The average Bonchev–Trinajstić information content (AvgIpc) is 2.49. The molecular formula is C16H34N4O. The summed E-state index contributed by atoms with van der Waals surface area (Å²) in [5, 5.41) is 6.67. The van der Waals surface area contributed by atoms with E-state index in [1.807, 2.05) is 0 Å². The Bertz CT molecular complexity index is 296. The predicted octanol–water partition coefficient (Wildman–Crippen LogP) is 1.84. The Morgan fingerprint density at radius 3 is 2.86 bits per heavy atom. The molecule has 0 aromatic heterocycles. The van der Waals surface area contributed by atoms with Crippen molar-refractivity contribution in [3.63, 3.8) is 0 Å². The van der Waals surface area contributed by atoms with Gasteiger partial charge in [0.25, 0.3) is 0 Å². The third-order valence-electron chi connectivity index (χ3n) is 4.10. The Morgan fingerprint density at radius 2 is 2.19 bits per heavy atom. The molecule has 1 heterocycles. The van der Waals surface area contributed by atoms with Crippen molar-refractivity contribution in [3.8, 4) is 0 Å². The molecule has 0 aromatic rings. The molecule has 0 radical (unpaired) electrons. The number of likely N-dealkylation sites (tertiary alicyclic amines) is 1. The first-order valence-corrected chi connectivity index (χ1v) is 8.45. The van der Waals surface area contributed by atoms with Gasteiger partial charge in [0.05, 0.1) is 6.54 Å². The van der Waals surface area contributed by atoms with Gasteiger partial charge in [-0.25, -0.2) is 0 Å². The van der Waals surface area contributed by atoms with Gasteiger partial charge in [0.15, 0.2) is 5.96 Å². The van der Waals surface area contributed by atoms with Crippen molar-refractivity contribution in [3.05, 3.63) is 0 Å². The molecule has 21 heavy (non-hydrogen) atoms. The Kier molecular flexibility index (Phi) is 9.42. The second-order valence-electron chi connectivity index (χ2n) is 5.92. The predicted molar refractivity (Wildman–Crippen MR) is 90.0 cm³/mol. The molecule has 2 atom stereocenters. The van der Waals surface area contributed by atoms with Crippen LogP contribution >= 0.6 is 0 Å². The molecule has 2 N–H and O–H groups in total. The van der Waals surface area contributed by atoms with Gasteiger partial charge < -0.3 is 15.4 Å². The van der Waals surface area contributed by atoms with Gasteiger partial charge in [-0.2, -0.15) is 0 Å². The van der Waals surface area contributed by atoms with Crippen LogP contribution in [0.1, 0.15) is 46.5 Å². The van der Waals surface area contributed by atoms with E-state index in [4.69, 9.17) is 9.73 Å². The van der Waals surface area contributed by atoms with Crippen molar-refractivity contribution in [2.75, 3.05) is 39.9 Å². The first-order valence-electron chi connectivity index (χ1n) is 8.45. The van der Waals surface area contributed by atoms with Gasteiger partial charge in [-0.05, 0) is 46.6 Å². The number of ether oxygens (including phenoxy) is 1. The van der Waals surface area contributed by atoms with Crippen LogP contribution in [0, 0.1) is 0 Å². The molecule has 1 saturated heterocycles. The first-order chi connectivity index (χ1) is 10.2. The third kappa shape index (κ3) is 7.14. The van der Waals surface area contributed by atoms with E-state index in [1.165, 1.54) is 25.8 Å². The van der Waals surface area contributed by atoms with Crippen LogP contribution < -0.4 is 10.6 Å². The van der Waals surface area contributed by atoms with Crippen LogP contribution in [0.3, 0.4) is 0 Å². The highest BCUT2D eigenvalue weighted by atomic mass is 16.5. The highest BCUT2D eigenvalue weighted by Crippen LogP contribution is 2.18. The van der Waals surface area contributed by atoms with Gasteiger partial charge in [0.2, 0.25) is 0 Å². The number of piperidine rings is 1. The van der Waals surface area contributed by atoms with Crippen LogP contribution in [0.4, 0.5) is 0 Å². The molecule has 1 aliphatic heterocycles. The van der Waals surface area contributed by atoms with E-state index in [1.54, 1.807) is 7.11 Å². The van der Waals surface area contributed by atoms with E-state index in [0.717, 1.165) is 38.6 Å². The van der Waals surface area contributed by atoms with Gasteiger partial charge in [-0.15, -0.1) is 0 Å². The molecule has 0 amide bonds.